The highest BCUT2D eigenvalue weighted by Gasteiger charge is 2.08. The first-order chi connectivity index (χ1) is 7.16. The van der Waals surface area contributed by atoms with Gasteiger partial charge in [0.05, 0.1) is 0 Å². The Labute approximate surface area is 86.1 Å². The van der Waals surface area contributed by atoms with Gasteiger partial charge in [-0.05, 0) is 19.1 Å². The van der Waals surface area contributed by atoms with E-state index in [1.54, 1.807) is 12.1 Å². The van der Waals surface area contributed by atoms with Crippen molar-refractivity contribution in [3.63, 3.8) is 0 Å². The van der Waals surface area contributed by atoms with Gasteiger partial charge in [0.25, 0.3) is 0 Å². The van der Waals surface area contributed by atoms with Gasteiger partial charge in [-0.2, -0.15) is 0 Å². The lowest BCUT2D eigenvalue weighted by Crippen LogP contribution is -2.09. The molecule has 2 rings (SSSR count). The van der Waals surface area contributed by atoms with Crippen LogP contribution in [0.1, 0.15) is 5.76 Å². The van der Waals surface area contributed by atoms with Crippen molar-refractivity contribution < 1.29 is 19.1 Å². The van der Waals surface area contributed by atoms with Crippen molar-refractivity contribution in [1.29, 1.82) is 0 Å². The zero-order valence-electron chi connectivity index (χ0n) is 8.19. The number of hydrogen-bond acceptors (Lipinski definition) is 3. The molecule has 0 spiro atoms. The fraction of sp³-hybridized carbons (Fsp3) is 0.182. The Morgan fingerprint density at radius 3 is 3.07 bits per heavy atom. The van der Waals surface area contributed by atoms with Gasteiger partial charge in [-0.25, -0.2) is 4.79 Å². The topological polar surface area (TPSA) is 59.7 Å². The number of rotatable bonds is 3. The predicted molar refractivity (Wildman–Crippen MR) is 54.1 cm³/mol. The van der Waals surface area contributed by atoms with Crippen LogP contribution in [0.3, 0.4) is 0 Å². The quantitative estimate of drug-likeness (QED) is 0.836. The van der Waals surface area contributed by atoms with E-state index in [1.165, 1.54) is 0 Å². The van der Waals surface area contributed by atoms with Crippen LogP contribution in [-0.2, 0) is 4.79 Å². The van der Waals surface area contributed by atoms with Gasteiger partial charge >= 0.3 is 5.97 Å². The highest BCUT2D eigenvalue weighted by molar-refractivity contribution is 5.84. The van der Waals surface area contributed by atoms with Crippen LogP contribution in [0.15, 0.2) is 28.7 Å². The molecule has 4 nitrogen and oxygen atoms in total. The number of furan rings is 1. The largest absolute Gasteiger partial charge is 0.479 e. The van der Waals surface area contributed by atoms with E-state index in [0.29, 0.717) is 11.3 Å². The summed E-state index contributed by atoms with van der Waals surface area (Å²) < 4.78 is 10.5. The lowest BCUT2D eigenvalue weighted by molar-refractivity contribution is -0.139. The second kappa shape index (κ2) is 3.65. The number of ether oxygens (including phenoxy) is 1. The number of carboxylic acids is 1. The van der Waals surface area contributed by atoms with Crippen LogP contribution in [0.5, 0.6) is 5.75 Å². The summed E-state index contributed by atoms with van der Waals surface area (Å²) in [7, 11) is 0. The third kappa shape index (κ3) is 1.93. The number of fused-ring (bicyclic) bond motifs is 1. The van der Waals surface area contributed by atoms with E-state index in [2.05, 4.69) is 0 Å². The number of benzene rings is 1. The summed E-state index contributed by atoms with van der Waals surface area (Å²) in [4.78, 5) is 10.4. The van der Waals surface area contributed by atoms with E-state index >= 15 is 0 Å². The smallest absolute Gasteiger partial charge is 0.341 e. The maximum Gasteiger partial charge on any atom is 0.341 e. The van der Waals surface area contributed by atoms with Crippen LogP contribution in [0.4, 0.5) is 0 Å². The van der Waals surface area contributed by atoms with Crippen LogP contribution in [-0.4, -0.2) is 17.7 Å². The SMILES string of the molecule is Cc1cc2cccc(OCC(=O)O)c2o1. The van der Waals surface area contributed by atoms with E-state index in [4.69, 9.17) is 14.3 Å². The lowest BCUT2D eigenvalue weighted by atomic mass is 10.2. The van der Waals surface area contributed by atoms with E-state index in [1.807, 2.05) is 19.1 Å². The van der Waals surface area contributed by atoms with Crippen LogP contribution in [0.2, 0.25) is 0 Å². The average molecular weight is 206 g/mol. The van der Waals surface area contributed by atoms with Gasteiger partial charge in [0.15, 0.2) is 17.9 Å². The third-order valence-corrected chi connectivity index (χ3v) is 1.98. The number of aryl methyl sites for hydroxylation is 1. The second-order valence-corrected chi connectivity index (χ2v) is 3.21. The van der Waals surface area contributed by atoms with Gasteiger partial charge in [0, 0.05) is 5.39 Å². The van der Waals surface area contributed by atoms with Gasteiger partial charge in [-0.3, -0.25) is 0 Å². The predicted octanol–water partition coefficient (Wildman–Crippen LogP) is 2.20. The first kappa shape index (κ1) is 9.58. The maximum absolute atomic E-state index is 10.4. The molecule has 0 aliphatic rings. The lowest BCUT2D eigenvalue weighted by Gasteiger charge is -2.02. The summed E-state index contributed by atoms with van der Waals surface area (Å²) in [5.41, 5.74) is 0.594. The van der Waals surface area contributed by atoms with E-state index in [0.717, 1.165) is 11.1 Å². The Morgan fingerprint density at radius 1 is 1.53 bits per heavy atom. The zero-order valence-corrected chi connectivity index (χ0v) is 8.19. The van der Waals surface area contributed by atoms with Crippen molar-refractivity contribution in [2.75, 3.05) is 6.61 Å². The number of para-hydroxylation sites is 1. The minimum Gasteiger partial charge on any atom is -0.479 e. The van der Waals surface area contributed by atoms with Crippen LogP contribution in [0, 0.1) is 6.92 Å². The van der Waals surface area contributed by atoms with Crippen molar-refractivity contribution in [2.24, 2.45) is 0 Å². The molecule has 0 aliphatic carbocycles. The summed E-state index contributed by atoms with van der Waals surface area (Å²) in [5.74, 6) is 0.231. The Balaban J connectivity index is 2.37. The first-order valence-electron chi connectivity index (χ1n) is 4.50. The maximum atomic E-state index is 10.4. The van der Waals surface area contributed by atoms with Gasteiger partial charge < -0.3 is 14.3 Å². The molecule has 0 unspecified atom stereocenters. The van der Waals surface area contributed by atoms with Crippen molar-refractivity contribution in [1.82, 2.24) is 0 Å². The average Bonchev–Trinajstić information content (AvgIpc) is 2.55. The van der Waals surface area contributed by atoms with Gasteiger partial charge in [0.2, 0.25) is 0 Å². The molecule has 0 saturated heterocycles. The number of carbonyl (C=O) groups is 1. The Hall–Kier alpha value is -1.97. The zero-order chi connectivity index (χ0) is 10.8. The molecular formula is C11H10O4. The number of carboxylic acid groups (broad SMARTS) is 1. The molecule has 1 aromatic heterocycles. The van der Waals surface area contributed by atoms with E-state index in [9.17, 15) is 4.79 Å². The monoisotopic (exact) mass is 206 g/mol. The summed E-state index contributed by atoms with van der Waals surface area (Å²) >= 11 is 0. The molecule has 4 heteroatoms. The normalized spacial score (nSPS) is 10.5. The molecule has 78 valence electrons. The van der Waals surface area contributed by atoms with Gasteiger partial charge in [0.1, 0.15) is 5.76 Å². The molecule has 1 heterocycles. The number of aliphatic carboxylic acids is 1. The van der Waals surface area contributed by atoms with E-state index < -0.39 is 5.97 Å². The Morgan fingerprint density at radius 2 is 2.33 bits per heavy atom. The van der Waals surface area contributed by atoms with Crippen molar-refractivity contribution in [3.8, 4) is 5.75 Å². The minimum absolute atomic E-state index is 0.362. The minimum atomic E-state index is -1.00. The molecular weight excluding hydrogens is 196 g/mol. The molecule has 15 heavy (non-hydrogen) atoms. The molecule has 1 aromatic carbocycles. The molecule has 0 saturated carbocycles. The third-order valence-electron chi connectivity index (χ3n) is 1.98. The summed E-state index contributed by atoms with van der Waals surface area (Å²) in [6.07, 6.45) is 0. The van der Waals surface area contributed by atoms with Gasteiger partial charge in [-0.1, -0.05) is 12.1 Å². The molecule has 0 radical (unpaired) electrons. The molecule has 2 aromatic rings. The summed E-state index contributed by atoms with van der Waals surface area (Å²) in [6.45, 7) is 1.47. The Kier molecular flexibility index (Phi) is 2.33. The van der Waals surface area contributed by atoms with Crippen LogP contribution >= 0.6 is 0 Å². The number of hydrogen-bond donors (Lipinski definition) is 1. The highest BCUT2D eigenvalue weighted by atomic mass is 16.5. The highest BCUT2D eigenvalue weighted by Crippen LogP contribution is 2.28. The van der Waals surface area contributed by atoms with Crippen LogP contribution < -0.4 is 4.74 Å². The Bertz CT molecular complexity index is 498. The molecule has 0 fully saturated rings. The molecule has 0 aliphatic heterocycles. The standard InChI is InChI=1S/C11H10O4/c1-7-5-8-3-2-4-9(11(8)15-7)14-6-10(12)13/h2-5H,6H2,1H3,(H,12,13). The van der Waals surface area contributed by atoms with Crippen molar-refractivity contribution in [2.45, 2.75) is 6.92 Å². The summed E-state index contributed by atoms with van der Waals surface area (Å²) in [6, 6.07) is 7.26. The molecule has 1 N–H and O–H groups in total. The molecule has 0 bridgehead atoms. The first-order valence-corrected chi connectivity index (χ1v) is 4.50. The fourth-order valence-electron chi connectivity index (χ4n) is 1.42. The molecule has 0 atom stereocenters. The molecule has 0 amide bonds. The van der Waals surface area contributed by atoms with Crippen molar-refractivity contribution >= 4 is 16.9 Å². The fourth-order valence-corrected chi connectivity index (χ4v) is 1.42. The summed E-state index contributed by atoms with van der Waals surface area (Å²) in [5, 5.41) is 9.41. The van der Waals surface area contributed by atoms with Crippen molar-refractivity contribution in [3.05, 3.63) is 30.0 Å². The van der Waals surface area contributed by atoms with Gasteiger partial charge in [-0.15, -0.1) is 0 Å². The van der Waals surface area contributed by atoms with E-state index in [-0.39, 0.29) is 6.61 Å². The van der Waals surface area contributed by atoms with Crippen LogP contribution in [0.25, 0.3) is 11.0 Å². The second-order valence-electron chi connectivity index (χ2n) is 3.21.